The normalized spacial score (nSPS) is 11.7. The fraction of sp³-hybridized carbons (Fsp3) is 0.206. The van der Waals surface area contributed by atoms with Gasteiger partial charge in [-0.3, -0.25) is 0 Å². The SMILES string of the molecule is CCOC(Cc1ccc(OC/C=C/c2cc(OCc3ccccc3)cc(OCc3ccccc3)c2)cc1)C(=O)O. The van der Waals surface area contributed by atoms with Crippen LogP contribution < -0.4 is 14.2 Å². The quantitative estimate of drug-likeness (QED) is 0.176. The molecule has 0 fully saturated rings. The number of hydrogen-bond donors (Lipinski definition) is 1. The van der Waals surface area contributed by atoms with Crippen LogP contribution in [0.5, 0.6) is 17.2 Å². The maximum absolute atomic E-state index is 11.3. The average molecular weight is 539 g/mol. The van der Waals surface area contributed by atoms with Gasteiger partial charge in [-0.1, -0.05) is 78.9 Å². The van der Waals surface area contributed by atoms with Crippen molar-refractivity contribution in [2.24, 2.45) is 0 Å². The van der Waals surface area contributed by atoms with Crippen molar-refractivity contribution in [1.29, 1.82) is 0 Å². The Bertz CT molecular complexity index is 1290. The number of carboxylic acid groups (broad SMARTS) is 1. The smallest absolute Gasteiger partial charge is 0.333 e. The van der Waals surface area contributed by atoms with E-state index in [1.807, 2.05) is 115 Å². The van der Waals surface area contributed by atoms with Crippen molar-refractivity contribution in [2.45, 2.75) is 32.7 Å². The molecule has 4 rings (SSSR count). The van der Waals surface area contributed by atoms with Gasteiger partial charge in [-0.15, -0.1) is 0 Å². The molecular weight excluding hydrogens is 504 g/mol. The van der Waals surface area contributed by atoms with E-state index in [1.165, 1.54) is 0 Å². The third-order valence-corrected chi connectivity index (χ3v) is 6.04. The first-order valence-electron chi connectivity index (χ1n) is 13.3. The van der Waals surface area contributed by atoms with Crippen LogP contribution in [0.4, 0.5) is 0 Å². The molecule has 206 valence electrons. The van der Waals surface area contributed by atoms with Crippen LogP contribution in [0.25, 0.3) is 6.08 Å². The maximum atomic E-state index is 11.3. The highest BCUT2D eigenvalue weighted by Gasteiger charge is 2.17. The molecule has 0 heterocycles. The molecule has 6 heteroatoms. The first kappa shape index (κ1) is 28.5. The topological polar surface area (TPSA) is 74.2 Å². The van der Waals surface area contributed by atoms with E-state index in [1.54, 1.807) is 6.92 Å². The highest BCUT2D eigenvalue weighted by Crippen LogP contribution is 2.26. The van der Waals surface area contributed by atoms with Gasteiger partial charge in [-0.05, 0) is 59.5 Å². The third-order valence-electron chi connectivity index (χ3n) is 6.04. The molecule has 0 saturated carbocycles. The number of rotatable bonds is 15. The molecule has 0 saturated heterocycles. The number of hydrogen-bond acceptors (Lipinski definition) is 5. The fourth-order valence-electron chi connectivity index (χ4n) is 4.02. The number of carboxylic acids is 1. The summed E-state index contributed by atoms with van der Waals surface area (Å²) in [6, 6.07) is 33.3. The Hall–Kier alpha value is -4.55. The molecule has 6 nitrogen and oxygen atoms in total. The molecule has 0 aliphatic heterocycles. The zero-order chi connectivity index (χ0) is 28.0. The Kier molecular flexibility index (Phi) is 10.8. The molecule has 0 spiro atoms. The van der Waals surface area contributed by atoms with Crippen LogP contribution in [-0.4, -0.2) is 30.4 Å². The molecule has 40 heavy (non-hydrogen) atoms. The molecule has 1 N–H and O–H groups in total. The Morgan fingerprint density at radius 2 is 1.30 bits per heavy atom. The summed E-state index contributed by atoms with van der Waals surface area (Å²) in [5, 5.41) is 9.28. The molecule has 0 bridgehead atoms. The van der Waals surface area contributed by atoms with Crippen molar-refractivity contribution in [3.63, 3.8) is 0 Å². The summed E-state index contributed by atoms with van der Waals surface area (Å²) >= 11 is 0. The van der Waals surface area contributed by atoms with Gasteiger partial charge in [0.15, 0.2) is 6.10 Å². The minimum absolute atomic E-state index is 0.306. The monoisotopic (exact) mass is 538 g/mol. The lowest BCUT2D eigenvalue weighted by Crippen LogP contribution is -2.26. The van der Waals surface area contributed by atoms with Gasteiger partial charge in [-0.2, -0.15) is 0 Å². The van der Waals surface area contributed by atoms with Crippen LogP contribution in [0.3, 0.4) is 0 Å². The summed E-state index contributed by atoms with van der Waals surface area (Å²) in [6.07, 6.45) is 3.36. The van der Waals surface area contributed by atoms with Crippen LogP contribution in [0.1, 0.15) is 29.2 Å². The van der Waals surface area contributed by atoms with Crippen molar-refractivity contribution in [3.8, 4) is 17.2 Å². The van der Waals surface area contributed by atoms with E-state index >= 15 is 0 Å². The largest absolute Gasteiger partial charge is 0.490 e. The van der Waals surface area contributed by atoms with Gasteiger partial charge in [0.1, 0.15) is 37.1 Å². The van der Waals surface area contributed by atoms with Gasteiger partial charge >= 0.3 is 5.97 Å². The standard InChI is InChI=1S/C34H34O6/c1-2-37-33(34(35)36)22-26-15-17-30(18-16-26)38-19-9-14-29-20-31(39-24-27-10-5-3-6-11-27)23-32(21-29)40-25-28-12-7-4-8-13-28/h3-18,20-21,23,33H,2,19,22,24-25H2,1H3,(H,35,36)/b14-9+. The van der Waals surface area contributed by atoms with Crippen molar-refractivity contribution in [3.05, 3.63) is 131 Å². The predicted octanol–water partition coefficient (Wildman–Crippen LogP) is 6.97. The van der Waals surface area contributed by atoms with Crippen LogP contribution in [0.2, 0.25) is 0 Å². The minimum atomic E-state index is -0.963. The summed E-state index contributed by atoms with van der Waals surface area (Å²) < 4.78 is 23.3. The summed E-state index contributed by atoms with van der Waals surface area (Å²) in [5.74, 6) is 1.17. The Morgan fingerprint density at radius 3 is 1.82 bits per heavy atom. The number of benzene rings is 4. The Morgan fingerprint density at radius 1 is 0.725 bits per heavy atom. The molecule has 0 aliphatic carbocycles. The lowest BCUT2D eigenvalue weighted by Gasteiger charge is -2.12. The highest BCUT2D eigenvalue weighted by atomic mass is 16.5. The van der Waals surface area contributed by atoms with Gasteiger partial charge in [0.05, 0.1) is 0 Å². The Labute approximate surface area is 235 Å². The second-order valence-corrected chi connectivity index (χ2v) is 9.13. The summed E-state index contributed by atoms with van der Waals surface area (Å²) in [5.41, 5.74) is 3.99. The molecule has 4 aromatic carbocycles. The van der Waals surface area contributed by atoms with Crippen LogP contribution >= 0.6 is 0 Å². The van der Waals surface area contributed by atoms with Crippen molar-refractivity contribution >= 4 is 12.0 Å². The summed E-state index contributed by atoms with van der Waals surface area (Å²) in [4.78, 5) is 11.3. The van der Waals surface area contributed by atoms with Crippen molar-refractivity contribution in [2.75, 3.05) is 13.2 Å². The number of ether oxygens (including phenoxy) is 4. The minimum Gasteiger partial charge on any atom is -0.490 e. The van der Waals surface area contributed by atoms with Crippen LogP contribution in [0.15, 0.2) is 109 Å². The Balaban J connectivity index is 1.37. The lowest BCUT2D eigenvalue weighted by atomic mass is 10.1. The van der Waals surface area contributed by atoms with Crippen LogP contribution in [0, 0.1) is 0 Å². The van der Waals surface area contributed by atoms with Gasteiger partial charge in [0, 0.05) is 19.1 Å². The first-order valence-corrected chi connectivity index (χ1v) is 13.3. The lowest BCUT2D eigenvalue weighted by molar-refractivity contribution is -0.149. The maximum Gasteiger partial charge on any atom is 0.333 e. The molecule has 4 aromatic rings. The number of aliphatic carboxylic acids is 1. The van der Waals surface area contributed by atoms with Gasteiger partial charge in [0.25, 0.3) is 0 Å². The highest BCUT2D eigenvalue weighted by molar-refractivity contribution is 5.72. The van der Waals surface area contributed by atoms with Crippen molar-refractivity contribution < 1.29 is 28.8 Å². The molecule has 0 aromatic heterocycles. The van der Waals surface area contributed by atoms with E-state index in [9.17, 15) is 9.90 Å². The molecule has 1 unspecified atom stereocenters. The summed E-state index contributed by atoms with van der Waals surface area (Å²) in [6.45, 7) is 3.43. The third kappa shape index (κ3) is 9.33. The van der Waals surface area contributed by atoms with Gasteiger partial charge < -0.3 is 24.1 Å². The van der Waals surface area contributed by atoms with E-state index in [-0.39, 0.29) is 0 Å². The van der Waals surface area contributed by atoms with Crippen LogP contribution in [-0.2, 0) is 29.2 Å². The molecule has 0 radical (unpaired) electrons. The zero-order valence-corrected chi connectivity index (χ0v) is 22.6. The van der Waals surface area contributed by atoms with E-state index in [4.69, 9.17) is 18.9 Å². The molecule has 1 atom stereocenters. The second-order valence-electron chi connectivity index (χ2n) is 9.13. The van der Waals surface area contributed by atoms with E-state index < -0.39 is 12.1 Å². The summed E-state index contributed by atoms with van der Waals surface area (Å²) in [7, 11) is 0. The first-order chi connectivity index (χ1) is 19.6. The fourth-order valence-corrected chi connectivity index (χ4v) is 4.02. The van der Waals surface area contributed by atoms with E-state index in [0.29, 0.717) is 38.6 Å². The number of carbonyl (C=O) groups is 1. The predicted molar refractivity (Wildman–Crippen MR) is 156 cm³/mol. The van der Waals surface area contributed by atoms with Gasteiger partial charge in [-0.25, -0.2) is 4.79 Å². The van der Waals surface area contributed by atoms with E-state index in [2.05, 4.69) is 0 Å². The molecule has 0 aliphatic rings. The van der Waals surface area contributed by atoms with Crippen molar-refractivity contribution in [1.82, 2.24) is 0 Å². The second kappa shape index (κ2) is 15.1. The van der Waals surface area contributed by atoms with Gasteiger partial charge in [0.2, 0.25) is 0 Å². The zero-order valence-electron chi connectivity index (χ0n) is 22.6. The van der Waals surface area contributed by atoms with E-state index in [0.717, 1.165) is 33.8 Å². The average Bonchev–Trinajstić information content (AvgIpc) is 2.99. The molecular formula is C34H34O6. The molecule has 0 amide bonds.